The molecule has 0 aliphatic carbocycles. The van der Waals surface area contributed by atoms with Gasteiger partial charge in [0.15, 0.2) is 11.4 Å². The number of nitrogens with zero attached hydrogens (tertiary/aromatic N) is 3. The van der Waals surface area contributed by atoms with Crippen LogP contribution in [0.15, 0.2) is 24.3 Å². The number of ether oxygens (including phenoxy) is 1. The van der Waals surface area contributed by atoms with Crippen molar-refractivity contribution in [1.82, 2.24) is 9.97 Å². The number of aromatic amines is 1. The van der Waals surface area contributed by atoms with Gasteiger partial charge in [0.2, 0.25) is 11.9 Å². The monoisotopic (exact) mass is 307 g/mol. The molecule has 3 rings (SSSR count). The van der Waals surface area contributed by atoms with E-state index in [4.69, 9.17) is 15.3 Å². The van der Waals surface area contributed by atoms with Crippen LogP contribution in [0.1, 0.15) is 35.0 Å². The number of carbonyl (C=O) groups is 1. The van der Waals surface area contributed by atoms with E-state index in [1.807, 2.05) is 30.3 Å². The molecule has 7 nitrogen and oxygen atoms in total. The van der Waals surface area contributed by atoms with Gasteiger partial charge in [0.25, 0.3) is 0 Å². The molecular formula is C16H13N5O2. The average Bonchev–Trinajstić information content (AvgIpc) is 2.97. The molecule has 0 fully saturated rings. The summed E-state index contributed by atoms with van der Waals surface area (Å²) in [5.41, 5.74) is 2.20. The third-order valence-electron chi connectivity index (χ3n) is 3.64. The molecule has 2 heterocycles. The van der Waals surface area contributed by atoms with Gasteiger partial charge >= 0.3 is 0 Å². The first kappa shape index (κ1) is 14.8. The normalized spacial score (nSPS) is 16.0. The molecule has 1 aromatic heterocycles. The van der Waals surface area contributed by atoms with E-state index in [1.165, 1.54) is 5.56 Å². The van der Waals surface area contributed by atoms with Crippen molar-refractivity contribution in [2.75, 3.05) is 11.9 Å². The van der Waals surface area contributed by atoms with Crippen molar-refractivity contribution in [3.8, 4) is 12.1 Å². The van der Waals surface area contributed by atoms with Gasteiger partial charge in [-0.15, -0.1) is 0 Å². The van der Waals surface area contributed by atoms with E-state index >= 15 is 0 Å². The van der Waals surface area contributed by atoms with Crippen molar-refractivity contribution < 1.29 is 9.53 Å². The summed E-state index contributed by atoms with van der Waals surface area (Å²) in [5.74, 6) is -0.207. The summed E-state index contributed by atoms with van der Waals surface area (Å²) < 4.78 is 5.69. The van der Waals surface area contributed by atoms with E-state index in [-0.39, 0.29) is 35.8 Å². The lowest BCUT2D eigenvalue weighted by Crippen LogP contribution is -2.22. The molecule has 0 saturated carbocycles. The van der Waals surface area contributed by atoms with Crippen molar-refractivity contribution in [2.24, 2.45) is 0 Å². The van der Waals surface area contributed by atoms with Crippen molar-refractivity contribution in [3.05, 3.63) is 46.8 Å². The summed E-state index contributed by atoms with van der Waals surface area (Å²) in [6.45, 7) is 0.576. The Morgan fingerprint density at radius 2 is 2.22 bits per heavy atom. The average molecular weight is 307 g/mol. The second kappa shape index (κ2) is 6.30. The van der Waals surface area contributed by atoms with E-state index < -0.39 is 0 Å². The number of H-pyrrole nitrogens is 1. The molecule has 7 heteroatoms. The van der Waals surface area contributed by atoms with Gasteiger partial charge in [-0.3, -0.25) is 10.1 Å². The van der Waals surface area contributed by atoms with Gasteiger partial charge in [0, 0.05) is 0 Å². The van der Waals surface area contributed by atoms with Gasteiger partial charge in [-0.1, -0.05) is 24.3 Å². The molecule has 1 aliphatic rings. The number of aromatic nitrogens is 2. The zero-order valence-electron chi connectivity index (χ0n) is 12.2. The topological polar surface area (TPSA) is 115 Å². The second-order valence-corrected chi connectivity index (χ2v) is 5.09. The molecule has 1 amide bonds. The number of imidazole rings is 1. The van der Waals surface area contributed by atoms with Crippen LogP contribution < -0.4 is 5.32 Å². The Kier molecular flexibility index (Phi) is 4.05. The summed E-state index contributed by atoms with van der Waals surface area (Å²) in [6, 6.07) is 11.5. The van der Waals surface area contributed by atoms with Crippen LogP contribution in [-0.2, 0) is 16.0 Å². The Morgan fingerprint density at radius 3 is 2.96 bits per heavy atom. The van der Waals surface area contributed by atoms with Crippen molar-refractivity contribution in [1.29, 1.82) is 10.5 Å². The van der Waals surface area contributed by atoms with Crippen LogP contribution in [0.25, 0.3) is 0 Å². The highest BCUT2D eigenvalue weighted by molar-refractivity contribution is 5.89. The Bertz CT molecular complexity index is 796. The zero-order valence-corrected chi connectivity index (χ0v) is 12.2. The van der Waals surface area contributed by atoms with Crippen LogP contribution >= 0.6 is 0 Å². The number of amides is 1. The van der Waals surface area contributed by atoms with Crippen molar-refractivity contribution in [3.63, 3.8) is 0 Å². The standard InChI is InChI=1S/C16H13N5O2/c17-8-12-13(9-18)20-16(19-12)21-15(22)7-14-11-4-2-1-3-10(11)5-6-23-14/h1-4,14H,5-7H2,(H2,19,20,21,22)/t14-/m0/s1. The van der Waals surface area contributed by atoms with Crippen LogP contribution in [0.2, 0.25) is 0 Å². The maximum Gasteiger partial charge on any atom is 0.229 e. The molecule has 1 atom stereocenters. The number of nitrogens with one attached hydrogen (secondary N) is 2. The van der Waals surface area contributed by atoms with E-state index in [1.54, 1.807) is 6.07 Å². The molecule has 0 radical (unpaired) electrons. The number of carbonyl (C=O) groups excluding carboxylic acids is 1. The summed E-state index contributed by atoms with van der Waals surface area (Å²) in [5, 5.41) is 20.3. The summed E-state index contributed by atoms with van der Waals surface area (Å²) in [4.78, 5) is 18.6. The third-order valence-corrected chi connectivity index (χ3v) is 3.64. The van der Waals surface area contributed by atoms with Crippen LogP contribution in [-0.4, -0.2) is 22.5 Å². The van der Waals surface area contributed by atoms with Gasteiger partial charge in [-0.25, -0.2) is 4.98 Å². The fourth-order valence-electron chi connectivity index (χ4n) is 2.59. The molecule has 0 spiro atoms. The highest BCUT2D eigenvalue weighted by Gasteiger charge is 2.23. The molecule has 1 aliphatic heterocycles. The van der Waals surface area contributed by atoms with E-state index in [0.717, 1.165) is 12.0 Å². The Hall–Kier alpha value is -3.16. The van der Waals surface area contributed by atoms with Gasteiger partial charge in [-0.2, -0.15) is 10.5 Å². The van der Waals surface area contributed by atoms with E-state index in [9.17, 15) is 4.79 Å². The minimum absolute atomic E-state index is 0.0297. The maximum absolute atomic E-state index is 12.2. The number of anilines is 1. The number of hydrogen-bond donors (Lipinski definition) is 2. The van der Waals surface area contributed by atoms with E-state index in [0.29, 0.717) is 6.61 Å². The number of rotatable bonds is 3. The molecule has 114 valence electrons. The van der Waals surface area contributed by atoms with Gasteiger partial charge in [0.05, 0.1) is 19.1 Å². The molecule has 0 unspecified atom stereocenters. The van der Waals surface area contributed by atoms with E-state index in [2.05, 4.69) is 15.3 Å². The highest BCUT2D eigenvalue weighted by atomic mass is 16.5. The molecule has 0 saturated heterocycles. The van der Waals surface area contributed by atoms with Crippen molar-refractivity contribution >= 4 is 11.9 Å². The minimum Gasteiger partial charge on any atom is -0.373 e. The van der Waals surface area contributed by atoms with Crippen LogP contribution in [0.5, 0.6) is 0 Å². The summed E-state index contributed by atoms with van der Waals surface area (Å²) in [7, 11) is 0. The zero-order chi connectivity index (χ0) is 16.2. The lowest BCUT2D eigenvalue weighted by molar-refractivity contribution is -0.119. The lowest BCUT2D eigenvalue weighted by Gasteiger charge is -2.25. The quantitative estimate of drug-likeness (QED) is 0.897. The fourth-order valence-corrected chi connectivity index (χ4v) is 2.59. The highest BCUT2D eigenvalue weighted by Crippen LogP contribution is 2.29. The molecule has 2 N–H and O–H groups in total. The molecule has 1 aromatic carbocycles. The largest absolute Gasteiger partial charge is 0.373 e. The number of hydrogen-bond acceptors (Lipinski definition) is 5. The first-order valence-electron chi connectivity index (χ1n) is 7.10. The Morgan fingerprint density at radius 1 is 1.39 bits per heavy atom. The minimum atomic E-state index is -0.305. The first-order valence-corrected chi connectivity index (χ1v) is 7.10. The SMILES string of the molecule is N#Cc1nc(NC(=O)C[C@@H]2OCCc3ccccc32)[nH]c1C#N. The first-order chi connectivity index (χ1) is 11.2. The third kappa shape index (κ3) is 3.05. The lowest BCUT2D eigenvalue weighted by atomic mass is 9.96. The maximum atomic E-state index is 12.2. The smallest absolute Gasteiger partial charge is 0.229 e. The van der Waals surface area contributed by atoms with Crippen LogP contribution in [0.3, 0.4) is 0 Å². The van der Waals surface area contributed by atoms with Gasteiger partial charge < -0.3 is 9.72 Å². The van der Waals surface area contributed by atoms with Gasteiger partial charge in [-0.05, 0) is 17.5 Å². The molecule has 23 heavy (non-hydrogen) atoms. The summed E-state index contributed by atoms with van der Waals surface area (Å²) >= 11 is 0. The predicted octanol–water partition coefficient (Wildman–Crippen LogP) is 1.80. The number of benzene rings is 1. The number of fused-ring (bicyclic) bond motifs is 1. The molecular weight excluding hydrogens is 294 g/mol. The second-order valence-electron chi connectivity index (χ2n) is 5.09. The van der Waals surface area contributed by atoms with Crippen LogP contribution in [0.4, 0.5) is 5.95 Å². The fraction of sp³-hybridized carbons (Fsp3) is 0.250. The summed E-state index contributed by atoms with van der Waals surface area (Å²) in [6.07, 6.45) is 0.672. The van der Waals surface area contributed by atoms with Crippen molar-refractivity contribution in [2.45, 2.75) is 18.9 Å². The molecule has 0 bridgehead atoms. The Labute approximate surface area is 132 Å². The van der Waals surface area contributed by atoms with Gasteiger partial charge in [0.1, 0.15) is 12.1 Å². The molecule has 2 aromatic rings. The number of nitriles is 2. The Balaban J connectivity index is 1.70. The predicted molar refractivity (Wildman–Crippen MR) is 80.1 cm³/mol. The van der Waals surface area contributed by atoms with Crippen LogP contribution in [0, 0.1) is 22.7 Å².